The van der Waals surface area contributed by atoms with Gasteiger partial charge >= 0.3 is 0 Å². The predicted molar refractivity (Wildman–Crippen MR) is 71.8 cm³/mol. The quantitative estimate of drug-likeness (QED) is 0.702. The second kappa shape index (κ2) is 7.40. The number of rotatable bonds is 4. The van der Waals surface area contributed by atoms with Crippen molar-refractivity contribution in [3.8, 4) is 0 Å². The summed E-state index contributed by atoms with van der Waals surface area (Å²) in [6.45, 7) is 10.6. The van der Waals surface area contributed by atoms with Crippen LogP contribution in [-0.4, -0.2) is 86.1 Å². The Balaban J connectivity index is 1.77. The molecule has 2 rings (SSSR count). The lowest BCUT2D eigenvalue weighted by Crippen LogP contribution is -2.46. The Morgan fingerprint density at radius 3 is 2.78 bits per heavy atom. The van der Waals surface area contributed by atoms with Crippen LogP contribution in [0.25, 0.3) is 0 Å². The van der Waals surface area contributed by atoms with Crippen molar-refractivity contribution in [3.63, 3.8) is 0 Å². The number of aliphatic hydroxyl groups excluding tert-OH is 1. The van der Waals surface area contributed by atoms with Crippen LogP contribution in [0.1, 0.15) is 13.3 Å². The molecule has 0 saturated carbocycles. The summed E-state index contributed by atoms with van der Waals surface area (Å²) in [6, 6.07) is 0.842. The Morgan fingerprint density at radius 1 is 1.28 bits per heavy atom. The summed E-state index contributed by atoms with van der Waals surface area (Å²) < 4.78 is 5.37. The molecule has 0 aromatic rings. The molecule has 0 aliphatic carbocycles. The first-order valence-corrected chi connectivity index (χ1v) is 7.18. The standard InChI is InChI=1S/C13H27N3O2/c1-12-2-3-14-13(11-17)10-16(12)5-4-15-6-8-18-9-7-15/h12-14,17H,2-11H2,1H3. The average molecular weight is 257 g/mol. The Kier molecular flexibility index (Phi) is 5.85. The third kappa shape index (κ3) is 4.17. The van der Waals surface area contributed by atoms with Crippen molar-refractivity contribution in [1.29, 1.82) is 0 Å². The highest BCUT2D eigenvalue weighted by molar-refractivity contribution is 4.81. The molecule has 0 aromatic heterocycles. The summed E-state index contributed by atoms with van der Waals surface area (Å²) in [5.41, 5.74) is 0. The van der Waals surface area contributed by atoms with Gasteiger partial charge in [0, 0.05) is 44.8 Å². The first-order valence-electron chi connectivity index (χ1n) is 7.18. The lowest BCUT2D eigenvalue weighted by molar-refractivity contribution is 0.0307. The molecule has 2 heterocycles. The number of aliphatic hydroxyl groups is 1. The molecule has 2 unspecified atom stereocenters. The Labute approximate surface area is 110 Å². The molecule has 0 radical (unpaired) electrons. The third-order valence-electron chi connectivity index (χ3n) is 4.10. The first-order chi connectivity index (χ1) is 8.79. The smallest absolute Gasteiger partial charge is 0.0597 e. The van der Waals surface area contributed by atoms with Gasteiger partial charge in [-0.25, -0.2) is 0 Å². The summed E-state index contributed by atoms with van der Waals surface area (Å²) in [6.07, 6.45) is 1.17. The molecule has 18 heavy (non-hydrogen) atoms. The van der Waals surface area contributed by atoms with Crippen molar-refractivity contribution in [1.82, 2.24) is 15.1 Å². The largest absolute Gasteiger partial charge is 0.395 e. The highest BCUT2D eigenvalue weighted by Crippen LogP contribution is 2.09. The van der Waals surface area contributed by atoms with Crippen molar-refractivity contribution in [2.75, 3.05) is 59.1 Å². The maximum Gasteiger partial charge on any atom is 0.0597 e. The van der Waals surface area contributed by atoms with E-state index in [2.05, 4.69) is 22.0 Å². The molecule has 5 nitrogen and oxygen atoms in total. The normalized spacial score (nSPS) is 32.3. The highest BCUT2D eigenvalue weighted by Gasteiger charge is 2.22. The third-order valence-corrected chi connectivity index (χ3v) is 4.10. The van der Waals surface area contributed by atoms with Crippen molar-refractivity contribution >= 4 is 0 Å². The van der Waals surface area contributed by atoms with Gasteiger partial charge in [0.05, 0.1) is 19.8 Å². The lowest BCUT2D eigenvalue weighted by atomic mass is 10.2. The van der Waals surface area contributed by atoms with Crippen LogP contribution < -0.4 is 5.32 Å². The molecule has 0 aromatic carbocycles. The molecule has 2 aliphatic heterocycles. The minimum Gasteiger partial charge on any atom is -0.395 e. The van der Waals surface area contributed by atoms with Crippen molar-refractivity contribution in [3.05, 3.63) is 0 Å². The molecule has 0 spiro atoms. The van der Waals surface area contributed by atoms with Gasteiger partial charge in [0.15, 0.2) is 0 Å². The average Bonchev–Trinajstić information content (AvgIpc) is 2.59. The van der Waals surface area contributed by atoms with Gasteiger partial charge in [-0.1, -0.05) is 0 Å². The van der Waals surface area contributed by atoms with E-state index in [0.29, 0.717) is 6.04 Å². The van der Waals surface area contributed by atoms with Gasteiger partial charge in [-0.3, -0.25) is 9.80 Å². The van der Waals surface area contributed by atoms with Crippen LogP contribution >= 0.6 is 0 Å². The van der Waals surface area contributed by atoms with E-state index in [0.717, 1.165) is 52.5 Å². The predicted octanol–water partition coefficient (Wildman–Crippen LogP) is -0.637. The molecule has 106 valence electrons. The van der Waals surface area contributed by atoms with Gasteiger partial charge in [0.25, 0.3) is 0 Å². The highest BCUT2D eigenvalue weighted by atomic mass is 16.5. The summed E-state index contributed by atoms with van der Waals surface area (Å²) in [4.78, 5) is 4.98. The summed E-state index contributed by atoms with van der Waals surface area (Å²) in [7, 11) is 0. The maximum absolute atomic E-state index is 9.32. The van der Waals surface area contributed by atoms with Gasteiger partial charge < -0.3 is 15.2 Å². The van der Waals surface area contributed by atoms with E-state index in [1.54, 1.807) is 0 Å². The summed E-state index contributed by atoms with van der Waals surface area (Å²) >= 11 is 0. The van der Waals surface area contributed by atoms with E-state index in [9.17, 15) is 5.11 Å². The van der Waals surface area contributed by atoms with Gasteiger partial charge in [0.2, 0.25) is 0 Å². The molecule has 2 saturated heterocycles. The van der Waals surface area contributed by atoms with Crippen LogP contribution in [0.2, 0.25) is 0 Å². The zero-order chi connectivity index (χ0) is 12.8. The fourth-order valence-corrected chi connectivity index (χ4v) is 2.74. The molecule has 0 amide bonds. The van der Waals surface area contributed by atoms with E-state index in [1.165, 1.54) is 6.42 Å². The van der Waals surface area contributed by atoms with Gasteiger partial charge in [0.1, 0.15) is 0 Å². The molecule has 5 heteroatoms. The Bertz CT molecular complexity index is 234. The fourth-order valence-electron chi connectivity index (χ4n) is 2.74. The van der Waals surface area contributed by atoms with E-state index < -0.39 is 0 Å². The van der Waals surface area contributed by atoms with Crippen molar-refractivity contribution in [2.24, 2.45) is 0 Å². The molecule has 2 atom stereocenters. The topological polar surface area (TPSA) is 48.0 Å². The number of hydrogen-bond acceptors (Lipinski definition) is 5. The number of ether oxygens (including phenoxy) is 1. The minimum atomic E-state index is 0.236. The lowest BCUT2D eigenvalue weighted by Gasteiger charge is -2.33. The second-order valence-corrected chi connectivity index (χ2v) is 5.42. The zero-order valence-corrected chi connectivity index (χ0v) is 11.5. The number of nitrogens with one attached hydrogen (secondary N) is 1. The summed E-state index contributed by atoms with van der Waals surface area (Å²) in [5, 5.41) is 12.7. The van der Waals surface area contributed by atoms with E-state index >= 15 is 0 Å². The van der Waals surface area contributed by atoms with E-state index in [1.807, 2.05) is 0 Å². The monoisotopic (exact) mass is 257 g/mol. The molecular formula is C13H27N3O2. The molecule has 0 bridgehead atoms. The summed E-state index contributed by atoms with van der Waals surface area (Å²) in [5.74, 6) is 0. The van der Waals surface area contributed by atoms with Gasteiger partial charge in [-0.05, 0) is 19.9 Å². The van der Waals surface area contributed by atoms with Crippen molar-refractivity contribution in [2.45, 2.75) is 25.4 Å². The van der Waals surface area contributed by atoms with Crippen LogP contribution in [0.4, 0.5) is 0 Å². The van der Waals surface area contributed by atoms with Crippen LogP contribution in [0.3, 0.4) is 0 Å². The van der Waals surface area contributed by atoms with E-state index in [4.69, 9.17) is 4.74 Å². The Hall–Kier alpha value is -0.200. The number of hydrogen-bond donors (Lipinski definition) is 2. The number of nitrogens with zero attached hydrogens (tertiary/aromatic N) is 2. The molecule has 2 fully saturated rings. The molecular weight excluding hydrogens is 230 g/mol. The van der Waals surface area contributed by atoms with Crippen LogP contribution in [0.15, 0.2) is 0 Å². The number of morpholine rings is 1. The first kappa shape index (κ1) is 14.2. The van der Waals surface area contributed by atoms with Crippen LogP contribution in [0, 0.1) is 0 Å². The van der Waals surface area contributed by atoms with Gasteiger partial charge in [-0.2, -0.15) is 0 Å². The second-order valence-electron chi connectivity index (χ2n) is 5.42. The Morgan fingerprint density at radius 2 is 2.06 bits per heavy atom. The minimum absolute atomic E-state index is 0.236. The molecule has 2 N–H and O–H groups in total. The van der Waals surface area contributed by atoms with Crippen molar-refractivity contribution < 1.29 is 9.84 Å². The van der Waals surface area contributed by atoms with E-state index in [-0.39, 0.29) is 12.6 Å². The van der Waals surface area contributed by atoms with Gasteiger partial charge in [-0.15, -0.1) is 0 Å². The molecule has 2 aliphatic rings. The van der Waals surface area contributed by atoms with Crippen LogP contribution in [-0.2, 0) is 4.74 Å². The SMILES string of the molecule is CC1CCNC(CO)CN1CCN1CCOCC1. The zero-order valence-electron chi connectivity index (χ0n) is 11.5. The maximum atomic E-state index is 9.32. The fraction of sp³-hybridized carbons (Fsp3) is 1.00. The van der Waals surface area contributed by atoms with Crippen LogP contribution in [0.5, 0.6) is 0 Å².